The molecule has 0 aliphatic carbocycles. The van der Waals surface area contributed by atoms with Crippen LogP contribution in [-0.2, 0) is 11.3 Å². The molecule has 8 heteroatoms. The number of hydrogen-bond donors (Lipinski definition) is 3. The third-order valence-corrected chi connectivity index (χ3v) is 5.17. The van der Waals surface area contributed by atoms with E-state index in [9.17, 15) is 0 Å². The highest BCUT2D eigenvalue weighted by Crippen LogP contribution is 2.16. The standard InChI is InChI=1S/C22H35N7O/c1-4-23-22(27-20-8-10-29(11-9-20)12-13-30-17(2)3)24-15-18-6-5-7-19(14-18)21-25-16-26-28-21/h5-7,14,16-17,20H,4,8-13,15H2,1-3H3,(H2,23,24,27)(H,25,26,28). The van der Waals surface area contributed by atoms with Gasteiger partial charge in [-0.2, -0.15) is 5.10 Å². The fourth-order valence-corrected chi connectivity index (χ4v) is 3.56. The van der Waals surface area contributed by atoms with Crippen molar-refractivity contribution in [3.63, 3.8) is 0 Å². The number of aliphatic imine (C=N–C) groups is 1. The van der Waals surface area contributed by atoms with Crippen LogP contribution >= 0.6 is 0 Å². The Kier molecular flexibility index (Phi) is 8.65. The van der Waals surface area contributed by atoms with E-state index in [2.05, 4.69) is 63.6 Å². The molecule has 2 aromatic rings. The molecule has 164 valence electrons. The van der Waals surface area contributed by atoms with Crippen molar-refractivity contribution in [1.29, 1.82) is 0 Å². The van der Waals surface area contributed by atoms with Gasteiger partial charge in [0.2, 0.25) is 0 Å². The monoisotopic (exact) mass is 413 g/mol. The summed E-state index contributed by atoms with van der Waals surface area (Å²) in [6.07, 6.45) is 4.07. The summed E-state index contributed by atoms with van der Waals surface area (Å²) >= 11 is 0. The van der Waals surface area contributed by atoms with Crippen molar-refractivity contribution in [2.75, 3.05) is 32.8 Å². The lowest BCUT2D eigenvalue weighted by Crippen LogP contribution is -2.49. The van der Waals surface area contributed by atoms with Gasteiger partial charge in [-0.1, -0.05) is 18.2 Å². The van der Waals surface area contributed by atoms with Crippen LogP contribution in [0.5, 0.6) is 0 Å². The van der Waals surface area contributed by atoms with Gasteiger partial charge in [0.15, 0.2) is 11.8 Å². The Morgan fingerprint density at radius 2 is 2.17 bits per heavy atom. The Hall–Kier alpha value is -2.45. The molecule has 0 unspecified atom stereocenters. The molecule has 0 amide bonds. The van der Waals surface area contributed by atoms with Crippen LogP contribution in [0.1, 0.15) is 39.2 Å². The first kappa shape index (κ1) is 22.2. The smallest absolute Gasteiger partial charge is 0.191 e. The number of piperidine rings is 1. The fourth-order valence-electron chi connectivity index (χ4n) is 3.56. The minimum Gasteiger partial charge on any atom is -0.377 e. The number of H-pyrrole nitrogens is 1. The summed E-state index contributed by atoms with van der Waals surface area (Å²) in [6, 6.07) is 8.69. The van der Waals surface area contributed by atoms with E-state index >= 15 is 0 Å². The molecule has 1 aliphatic heterocycles. The summed E-state index contributed by atoms with van der Waals surface area (Å²) in [4.78, 5) is 11.5. The molecule has 0 radical (unpaired) electrons. The lowest BCUT2D eigenvalue weighted by molar-refractivity contribution is 0.0532. The normalized spacial score (nSPS) is 16.2. The number of guanidine groups is 1. The van der Waals surface area contributed by atoms with Gasteiger partial charge in [0, 0.05) is 37.8 Å². The molecule has 30 heavy (non-hydrogen) atoms. The molecule has 1 aromatic heterocycles. The maximum absolute atomic E-state index is 5.68. The fraction of sp³-hybridized carbons (Fsp3) is 0.591. The van der Waals surface area contributed by atoms with Gasteiger partial charge in [0.1, 0.15) is 6.33 Å². The van der Waals surface area contributed by atoms with E-state index in [1.54, 1.807) is 0 Å². The van der Waals surface area contributed by atoms with Crippen molar-refractivity contribution in [3.05, 3.63) is 36.2 Å². The van der Waals surface area contributed by atoms with Crippen molar-refractivity contribution >= 4 is 5.96 Å². The average molecular weight is 414 g/mol. The molecular weight excluding hydrogens is 378 g/mol. The van der Waals surface area contributed by atoms with Crippen LogP contribution in [0.4, 0.5) is 0 Å². The van der Waals surface area contributed by atoms with Gasteiger partial charge in [-0.3, -0.25) is 5.10 Å². The first-order valence-electron chi connectivity index (χ1n) is 11.0. The molecule has 1 fully saturated rings. The molecule has 1 saturated heterocycles. The van der Waals surface area contributed by atoms with Gasteiger partial charge in [-0.25, -0.2) is 9.98 Å². The average Bonchev–Trinajstić information content (AvgIpc) is 3.28. The molecule has 0 atom stereocenters. The van der Waals surface area contributed by atoms with Gasteiger partial charge in [0.05, 0.1) is 19.3 Å². The minimum absolute atomic E-state index is 0.305. The highest BCUT2D eigenvalue weighted by atomic mass is 16.5. The molecular formula is C22H35N7O. The number of nitrogens with zero attached hydrogens (tertiary/aromatic N) is 4. The SMILES string of the molecule is CCNC(=NCc1cccc(-c2ncn[nH]2)c1)NC1CCN(CCOC(C)C)CC1. The minimum atomic E-state index is 0.305. The molecule has 3 N–H and O–H groups in total. The molecule has 2 heterocycles. The van der Waals surface area contributed by atoms with E-state index in [1.807, 2.05) is 12.1 Å². The molecule has 0 spiro atoms. The molecule has 3 rings (SSSR count). The number of aromatic nitrogens is 3. The largest absolute Gasteiger partial charge is 0.377 e. The summed E-state index contributed by atoms with van der Waals surface area (Å²) in [5.41, 5.74) is 2.16. The summed E-state index contributed by atoms with van der Waals surface area (Å²) in [6.45, 7) is 11.7. The number of nitrogens with one attached hydrogen (secondary N) is 3. The van der Waals surface area contributed by atoms with Gasteiger partial charge in [-0.15, -0.1) is 0 Å². The number of rotatable bonds is 9. The van der Waals surface area contributed by atoms with Crippen molar-refractivity contribution in [1.82, 2.24) is 30.7 Å². The lowest BCUT2D eigenvalue weighted by Gasteiger charge is -2.33. The van der Waals surface area contributed by atoms with Crippen LogP contribution in [0.2, 0.25) is 0 Å². The third kappa shape index (κ3) is 7.11. The molecule has 1 aliphatic rings. The zero-order chi connectivity index (χ0) is 21.2. The first-order valence-corrected chi connectivity index (χ1v) is 11.0. The second-order valence-electron chi connectivity index (χ2n) is 7.91. The van der Waals surface area contributed by atoms with Crippen molar-refractivity contribution in [2.24, 2.45) is 4.99 Å². The van der Waals surface area contributed by atoms with Crippen LogP contribution in [-0.4, -0.2) is 71.0 Å². The highest BCUT2D eigenvalue weighted by molar-refractivity contribution is 5.80. The predicted molar refractivity (Wildman–Crippen MR) is 120 cm³/mol. The first-order chi connectivity index (χ1) is 14.6. The summed E-state index contributed by atoms with van der Waals surface area (Å²) in [5.74, 6) is 1.65. The van der Waals surface area contributed by atoms with Crippen molar-refractivity contribution in [3.8, 4) is 11.4 Å². The van der Waals surface area contributed by atoms with Crippen LogP contribution in [0.25, 0.3) is 11.4 Å². The van der Waals surface area contributed by atoms with Crippen LogP contribution in [0.15, 0.2) is 35.6 Å². The summed E-state index contributed by atoms with van der Waals surface area (Å²) in [5, 5.41) is 13.8. The number of hydrogen-bond acceptors (Lipinski definition) is 5. The number of benzene rings is 1. The number of ether oxygens (including phenoxy) is 1. The van der Waals surface area contributed by atoms with E-state index in [0.717, 1.165) is 68.5 Å². The quantitative estimate of drug-likeness (QED) is 0.432. The Labute approximate surface area is 179 Å². The molecule has 0 saturated carbocycles. The zero-order valence-electron chi connectivity index (χ0n) is 18.4. The molecule has 1 aromatic carbocycles. The van der Waals surface area contributed by atoms with Gasteiger partial charge in [-0.05, 0) is 45.2 Å². The van der Waals surface area contributed by atoms with E-state index in [-0.39, 0.29) is 0 Å². The van der Waals surface area contributed by atoms with Gasteiger partial charge >= 0.3 is 0 Å². The van der Waals surface area contributed by atoms with E-state index in [4.69, 9.17) is 9.73 Å². The van der Waals surface area contributed by atoms with Crippen molar-refractivity contribution < 1.29 is 4.74 Å². The Morgan fingerprint density at radius 1 is 1.33 bits per heavy atom. The number of aromatic amines is 1. The van der Waals surface area contributed by atoms with Crippen molar-refractivity contribution in [2.45, 2.75) is 52.3 Å². The molecule has 8 nitrogen and oxygen atoms in total. The second kappa shape index (κ2) is 11.7. The maximum atomic E-state index is 5.68. The van der Waals surface area contributed by atoms with Crippen LogP contribution < -0.4 is 10.6 Å². The Balaban J connectivity index is 1.50. The summed E-state index contributed by atoms with van der Waals surface area (Å²) < 4.78 is 5.68. The summed E-state index contributed by atoms with van der Waals surface area (Å²) in [7, 11) is 0. The lowest BCUT2D eigenvalue weighted by atomic mass is 10.1. The van der Waals surface area contributed by atoms with Gasteiger partial charge < -0.3 is 20.3 Å². The van der Waals surface area contributed by atoms with E-state index < -0.39 is 0 Å². The predicted octanol–water partition coefficient (Wildman–Crippen LogP) is 2.42. The molecule has 0 bridgehead atoms. The Bertz CT molecular complexity index is 768. The third-order valence-electron chi connectivity index (χ3n) is 5.17. The zero-order valence-corrected chi connectivity index (χ0v) is 18.4. The van der Waals surface area contributed by atoms with Gasteiger partial charge in [0.25, 0.3) is 0 Å². The van der Waals surface area contributed by atoms with Crippen LogP contribution in [0.3, 0.4) is 0 Å². The highest BCUT2D eigenvalue weighted by Gasteiger charge is 2.19. The van der Waals surface area contributed by atoms with Crippen LogP contribution in [0, 0.1) is 0 Å². The second-order valence-corrected chi connectivity index (χ2v) is 7.91. The maximum Gasteiger partial charge on any atom is 0.191 e. The van der Waals surface area contributed by atoms with E-state index in [0.29, 0.717) is 18.7 Å². The topological polar surface area (TPSA) is 90.5 Å². The van der Waals surface area contributed by atoms with E-state index in [1.165, 1.54) is 6.33 Å². The number of likely N-dealkylation sites (tertiary alicyclic amines) is 1. The Morgan fingerprint density at radius 3 is 2.87 bits per heavy atom.